The zero-order chi connectivity index (χ0) is 43.4. The van der Waals surface area contributed by atoms with Crippen molar-refractivity contribution in [2.75, 3.05) is 0 Å². The Morgan fingerprint density at radius 2 is 0.895 bits per heavy atom. The van der Waals surface area contributed by atoms with E-state index in [1.54, 1.807) is 6.92 Å². The van der Waals surface area contributed by atoms with E-state index in [9.17, 15) is 85.0 Å². The number of hydrogen-bond donors (Lipinski definition) is 1. The smallest absolute Gasteiger partial charge is 0.250 e. The van der Waals surface area contributed by atoms with Crippen LogP contribution in [-0.4, -0.2) is 23.4 Å². The normalized spacial score (nSPS) is 17.2. The van der Waals surface area contributed by atoms with Crippen LogP contribution in [0.25, 0.3) is 6.08 Å². The van der Waals surface area contributed by atoms with Crippen LogP contribution in [-0.2, 0) is 19.2 Å². The second kappa shape index (κ2) is 18.7. The summed E-state index contributed by atoms with van der Waals surface area (Å²) in [7, 11) is 0. The molecule has 0 spiro atoms. The van der Waals surface area contributed by atoms with Gasteiger partial charge in [0, 0.05) is 35.1 Å². The van der Waals surface area contributed by atoms with Gasteiger partial charge in [-0.05, 0) is 31.1 Å². The van der Waals surface area contributed by atoms with E-state index >= 15 is 0 Å². The zero-order valence-corrected chi connectivity index (χ0v) is 29.1. The van der Waals surface area contributed by atoms with E-state index in [-0.39, 0.29) is 24.7 Å². The fraction of sp³-hybridized carbons (Fsp3) is 0.297. The number of carbonyl (C=O) groups excluding carboxylic acids is 4. The highest BCUT2D eigenvalue weighted by Crippen LogP contribution is 2.44. The predicted molar refractivity (Wildman–Crippen MR) is 168 cm³/mol. The van der Waals surface area contributed by atoms with Gasteiger partial charge in [-0.1, -0.05) is 32.9 Å². The topological polar surface area (TPSA) is 80.3 Å². The van der Waals surface area contributed by atoms with Gasteiger partial charge in [0.25, 0.3) is 11.8 Å². The second-order valence-electron chi connectivity index (χ2n) is 12.5. The Hall–Kier alpha value is -5.43. The summed E-state index contributed by atoms with van der Waals surface area (Å²) in [6.45, 7) is 5.54. The largest absolute Gasteiger partial charge is 0.299 e. The van der Waals surface area contributed by atoms with Crippen LogP contribution in [0.2, 0.25) is 0 Å². The first-order valence-corrected chi connectivity index (χ1v) is 16.3. The van der Waals surface area contributed by atoms with Crippen LogP contribution in [0.4, 0.5) is 65.9 Å². The zero-order valence-electron chi connectivity index (χ0n) is 29.1. The third-order valence-corrected chi connectivity index (χ3v) is 8.91. The number of hydrogen-bond acceptors (Lipinski definition) is 4. The molecule has 1 fully saturated rings. The molecule has 0 saturated heterocycles. The van der Waals surface area contributed by atoms with E-state index < -0.39 is 158 Å². The number of carbonyl (C=O) groups is 4. The van der Waals surface area contributed by atoms with Crippen molar-refractivity contribution in [1.82, 2.24) is 5.32 Å². The lowest BCUT2D eigenvalue weighted by Crippen LogP contribution is -2.24. The molecular formula is C37H26F15NO4. The maximum atomic E-state index is 14.5. The van der Waals surface area contributed by atoms with E-state index in [2.05, 4.69) is 6.58 Å². The number of imide groups is 1. The molecule has 5 rings (SSSR count). The summed E-state index contributed by atoms with van der Waals surface area (Å²) in [6.07, 6.45) is 1.23. The summed E-state index contributed by atoms with van der Waals surface area (Å²) >= 11 is 0. The summed E-state index contributed by atoms with van der Waals surface area (Å²) in [5.41, 5.74) is -3.37. The van der Waals surface area contributed by atoms with Crippen LogP contribution in [0, 0.1) is 99.1 Å². The van der Waals surface area contributed by atoms with Gasteiger partial charge in [-0.2, -0.15) is 0 Å². The van der Waals surface area contributed by atoms with Crippen molar-refractivity contribution in [2.45, 2.75) is 57.8 Å². The van der Waals surface area contributed by atoms with Crippen molar-refractivity contribution in [2.24, 2.45) is 11.8 Å². The summed E-state index contributed by atoms with van der Waals surface area (Å²) in [4.78, 5) is 45.2. The third kappa shape index (κ3) is 9.41. The first-order chi connectivity index (χ1) is 26.5. The molecule has 308 valence electrons. The summed E-state index contributed by atoms with van der Waals surface area (Å²) in [6, 6.07) is 0. The van der Waals surface area contributed by atoms with Crippen molar-refractivity contribution in [1.29, 1.82) is 0 Å². The molecule has 1 N–H and O–H groups in total. The van der Waals surface area contributed by atoms with Gasteiger partial charge in [-0.15, -0.1) is 0 Å². The van der Waals surface area contributed by atoms with Crippen molar-refractivity contribution in [3.63, 3.8) is 0 Å². The Bertz CT molecular complexity index is 2070. The first kappa shape index (κ1) is 46.0. The highest BCUT2D eigenvalue weighted by molar-refractivity contribution is 6.12. The molecule has 0 aromatic heterocycles. The quantitative estimate of drug-likeness (QED) is 0.0767. The SMILES string of the molecule is C=Cc1c(F)c(F)c(F)c(F)c1F.CCCC(CC1C(=O)CC(=O)C1CC(C)c1c(F)c(F)c(F)c(F)c1F)c1c(F)c(F)c(F)c(F)c1F.O=C1C=CC(=O)N1. The average Bonchev–Trinajstić information content (AvgIpc) is 3.68. The first-order valence-electron chi connectivity index (χ1n) is 16.3. The molecule has 3 aromatic carbocycles. The molecule has 1 saturated carbocycles. The van der Waals surface area contributed by atoms with Crippen molar-refractivity contribution in [3.05, 3.63) is 123 Å². The minimum Gasteiger partial charge on any atom is -0.299 e. The number of halogens is 15. The highest BCUT2D eigenvalue weighted by atomic mass is 19.2. The van der Waals surface area contributed by atoms with Gasteiger partial charge in [0.2, 0.25) is 17.5 Å². The molecule has 2 aliphatic rings. The summed E-state index contributed by atoms with van der Waals surface area (Å²) < 4.78 is 202. The molecular weight excluding hydrogens is 807 g/mol. The van der Waals surface area contributed by atoms with Crippen LogP contribution >= 0.6 is 0 Å². The minimum atomic E-state index is -2.37. The number of ketones is 2. The van der Waals surface area contributed by atoms with Crippen LogP contribution in [0.3, 0.4) is 0 Å². The lowest BCUT2D eigenvalue weighted by atomic mass is 9.77. The van der Waals surface area contributed by atoms with Gasteiger partial charge in [-0.25, -0.2) is 65.9 Å². The van der Waals surface area contributed by atoms with Crippen molar-refractivity contribution < 1.29 is 85.0 Å². The maximum absolute atomic E-state index is 14.5. The second-order valence-corrected chi connectivity index (χ2v) is 12.5. The number of benzene rings is 3. The molecule has 1 heterocycles. The lowest BCUT2D eigenvalue weighted by Gasteiger charge is -2.26. The standard InChI is InChI=1S/C25H20F10O2.C8H3F5.C4H3NO2/c1-3-4-9(15-18(28)22(32)25(35)23(33)19(15)29)6-11-10(12(36)7-13(11)37)5-8(2)14-16(26)20(30)24(34)21(31)17(14)27;1-2-3-4(9)6(11)8(13)7(12)5(3)10;6-3-1-2-4(7)5-3/h8-11H,3-7H2,1-2H3;2H,1H2;1-2H,(H,5,6,7). The van der Waals surface area contributed by atoms with Crippen molar-refractivity contribution in [3.8, 4) is 0 Å². The van der Waals surface area contributed by atoms with Gasteiger partial charge < -0.3 is 0 Å². The lowest BCUT2D eigenvalue weighted by molar-refractivity contribution is -0.124. The van der Waals surface area contributed by atoms with E-state index in [1.165, 1.54) is 12.2 Å². The highest BCUT2D eigenvalue weighted by Gasteiger charge is 2.45. The summed E-state index contributed by atoms with van der Waals surface area (Å²) in [5, 5.41) is 2.03. The Morgan fingerprint density at radius 3 is 1.23 bits per heavy atom. The van der Waals surface area contributed by atoms with Crippen LogP contribution in [0.15, 0.2) is 18.7 Å². The van der Waals surface area contributed by atoms with Crippen molar-refractivity contribution >= 4 is 29.5 Å². The molecule has 20 heteroatoms. The molecule has 5 nitrogen and oxygen atoms in total. The fourth-order valence-corrected chi connectivity index (χ4v) is 6.20. The fourth-order valence-electron chi connectivity index (χ4n) is 6.20. The van der Waals surface area contributed by atoms with Gasteiger partial charge in [0.15, 0.2) is 69.8 Å². The van der Waals surface area contributed by atoms with Crippen LogP contribution in [0.5, 0.6) is 0 Å². The van der Waals surface area contributed by atoms with Gasteiger partial charge in [-0.3, -0.25) is 24.5 Å². The number of rotatable bonds is 9. The molecule has 4 atom stereocenters. The maximum Gasteiger partial charge on any atom is 0.250 e. The molecule has 1 aliphatic carbocycles. The molecule has 2 amide bonds. The summed E-state index contributed by atoms with van der Waals surface area (Å²) in [5.74, 6) is -39.4. The van der Waals surface area contributed by atoms with Crippen LogP contribution in [0.1, 0.15) is 74.5 Å². The third-order valence-electron chi connectivity index (χ3n) is 8.91. The molecule has 57 heavy (non-hydrogen) atoms. The molecule has 0 radical (unpaired) electrons. The number of Topliss-reactive ketones (excluding diaryl/α,β-unsaturated/α-hetero) is 2. The predicted octanol–water partition coefficient (Wildman–Crippen LogP) is 9.54. The Balaban J connectivity index is 0.000000352. The molecule has 1 aliphatic heterocycles. The minimum absolute atomic E-state index is 0.143. The van der Waals surface area contributed by atoms with Gasteiger partial charge in [0.05, 0.1) is 12.0 Å². The molecule has 4 unspecified atom stereocenters. The Morgan fingerprint density at radius 1 is 0.561 bits per heavy atom. The van der Waals surface area contributed by atoms with Crippen LogP contribution < -0.4 is 5.32 Å². The Labute approximate surface area is 312 Å². The van der Waals surface area contributed by atoms with Gasteiger partial charge >= 0.3 is 0 Å². The number of amides is 2. The molecule has 0 bridgehead atoms. The average molecular weight is 834 g/mol. The van der Waals surface area contributed by atoms with Gasteiger partial charge in [0.1, 0.15) is 11.6 Å². The number of nitrogens with one attached hydrogen (secondary N) is 1. The van der Waals surface area contributed by atoms with E-state index in [4.69, 9.17) is 0 Å². The van der Waals surface area contributed by atoms with E-state index in [0.717, 1.165) is 6.92 Å². The van der Waals surface area contributed by atoms with E-state index in [1.807, 2.05) is 5.32 Å². The molecule has 3 aromatic rings. The monoisotopic (exact) mass is 833 g/mol. The Kier molecular flexibility index (Phi) is 15.1. The van der Waals surface area contributed by atoms with E-state index in [0.29, 0.717) is 6.08 Å².